The van der Waals surface area contributed by atoms with Crippen molar-refractivity contribution in [1.82, 2.24) is 4.98 Å². The van der Waals surface area contributed by atoms with Gasteiger partial charge in [-0.2, -0.15) is 0 Å². The van der Waals surface area contributed by atoms with E-state index in [4.69, 9.17) is 4.74 Å². The van der Waals surface area contributed by atoms with Gasteiger partial charge in [0.1, 0.15) is 5.75 Å². The van der Waals surface area contributed by atoms with Gasteiger partial charge in [0.15, 0.2) is 11.6 Å². The van der Waals surface area contributed by atoms with Crippen LogP contribution in [0.15, 0.2) is 36.5 Å². The molecule has 0 atom stereocenters. The molecular formula is C19H22FNO2. The Morgan fingerprint density at radius 3 is 2.35 bits per heavy atom. The van der Waals surface area contributed by atoms with Gasteiger partial charge in [0.05, 0.1) is 0 Å². The summed E-state index contributed by atoms with van der Waals surface area (Å²) in [5.74, 6) is 0.165. The molecule has 0 radical (unpaired) electrons. The lowest BCUT2D eigenvalue weighted by atomic mass is 9.94. The third kappa shape index (κ3) is 4.15. The van der Waals surface area contributed by atoms with Crippen molar-refractivity contribution in [2.24, 2.45) is 0 Å². The van der Waals surface area contributed by atoms with Crippen molar-refractivity contribution >= 4 is 5.78 Å². The topological polar surface area (TPSA) is 39.2 Å². The Balaban J connectivity index is 2.14. The maximum absolute atomic E-state index is 14.0. The fraction of sp³-hybridized carbons (Fsp3) is 0.368. The minimum atomic E-state index is -0.631. The molecule has 3 nitrogen and oxygen atoms in total. The molecular weight excluding hydrogens is 293 g/mol. The summed E-state index contributed by atoms with van der Waals surface area (Å²) in [7, 11) is 0. The molecule has 0 aliphatic carbocycles. The minimum Gasteiger partial charge on any atom is -0.436 e. The maximum atomic E-state index is 14.0. The van der Waals surface area contributed by atoms with Crippen LogP contribution >= 0.6 is 0 Å². The van der Waals surface area contributed by atoms with Gasteiger partial charge in [-0.05, 0) is 42.5 Å². The molecule has 0 amide bonds. The number of pyridine rings is 1. The van der Waals surface area contributed by atoms with Crippen LogP contribution < -0.4 is 4.74 Å². The number of aromatic nitrogens is 1. The molecule has 0 N–H and O–H groups in total. The van der Waals surface area contributed by atoms with E-state index in [9.17, 15) is 9.18 Å². The number of rotatable bonds is 7. The molecule has 0 unspecified atom stereocenters. The molecule has 0 bridgehead atoms. The van der Waals surface area contributed by atoms with E-state index in [1.54, 1.807) is 6.92 Å². The number of carbonyl (C=O) groups is 1. The average Bonchev–Trinajstić information content (AvgIpc) is 2.58. The number of hydrogen-bond donors (Lipinski definition) is 0. The summed E-state index contributed by atoms with van der Waals surface area (Å²) in [4.78, 5) is 15.5. The first-order chi connectivity index (χ1) is 11.1. The maximum Gasteiger partial charge on any atom is 0.255 e. The predicted octanol–water partition coefficient (Wildman–Crippen LogP) is 5.51. The highest BCUT2D eigenvalue weighted by Crippen LogP contribution is 2.27. The molecule has 0 aliphatic rings. The van der Waals surface area contributed by atoms with E-state index in [-0.39, 0.29) is 17.2 Å². The predicted molar refractivity (Wildman–Crippen MR) is 88.7 cm³/mol. The van der Waals surface area contributed by atoms with Crippen molar-refractivity contribution in [2.75, 3.05) is 0 Å². The molecule has 4 heteroatoms. The standard InChI is InChI=1S/C19H22FNO2/c1-4-13(5-2)14-7-9-16(10-8-14)23-19-17(20)11-15(12-21-19)18(22)6-3/h7-13H,4-6H2,1-3H3. The van der Waals surface area contributed by atoms with Gasteiger partial charge in [0.2, 0.25) is 0 Å². The smallest absolute Gasteiger partial charge is 0.255 e. The zero-order chi connectivity index (χ0) is 16.8. The monoisotopic (exact) mass is 315 g/mol. The molecule has 0 spiro atoms. The van der Waals surface area contributed by atoms with Gasteiger partial charge >= 0.3 is 0 Å². The highest BCUT2D eigenvalue weighted by molar-refractivity contribution is 5.95. The Labute approximate surface area is 136 Å². The highest BCUT2D eigenvalue weighted by Gasteiger charge is 2.12. The van der Waals surface area contributed by atoms with Gasteiger partial charge in [-0.25, -0.2) is 9.37 Å². The number of Topliss-reactive ketones (excluding diaryl/α,β-unsaturated/α-hetero) is 1. The number of ether oxygens (including phenoxy) is 1. The van der Waals surface area contributed by atoms with Crippen LogP contribution in [0.2, 0.25) is 0 Å². The highest BCUT2D eigenvalue weighted by atomic mass is 19.1. The number of halogens is 1. The van der Waals surface area contributed by atoms with E-state index in [2.05, 4.69) is 18.8 Å². The fourth-order valence-corrected chi connectivity index (χ4v) is 2.54. The van der Waals surface area contributed by atoms with Gasteiger partial charge in [-0.1, -0.05) is 32.9 Å². The summed E-state index contributed by atoms with van der Waals surface area (Å²) in [6.07, 6.45) is 3.83. The average molecular weight is 315 g/mol. The van der Waals surface area contributed by atoms with Gasteiger partial charge < -0.3 is 4.74 Å². The van der Waals surface area contributed by atoms with Crippen molar-refractivity contribution in [2.45, 2.75) is 46.0 Å². The second-order valence-corrected chi connectivity index (χ2v) is 5.47. The number of hydrogen-bond acceptors (Lipinski definition) is 3. The zero-order valence-electron chi connectivity index (χ0n) is 13.8. The van der Waals surface area contributed by atoms with Crippen LogP contribution in [0, 0.1) is 5.82 Å². The third-order valence-electron chi connectivity index (χ3n) is 4.00. The van der Waals surface area contributed by atoms with E-state index < -0.39 is 5.82 Å². The number of nitrogens with zero attached hydrogens (tertiary/aromatic N) is 1. The van der Waals surface area contributed by atoms with Crippen molar-refractivity contribution in [1.29, 1.82) is 0 Å². The SMILES string of the molecule is CCC(=O)c1cnc(Oc2ccc(C(CC)CC)cc2)c(F)c1. The molecule has 0 saturated carbocycles. The van der Waals surface area contributed by atoms with E-state index in [1.807, 2.05) is 24.3 Å². The Kier molecular flexibility index (Phi) is 5.85. The Morgan fingerprint density at radius 1 is 1.17 bits per heavy atom. The summed E-state index contributed by atoms with van der Waals surface area (Å²) >= 11 is 0. The molecule has 2 aromatic rings. The first-order valence-electron chi connectivity index (χ1n) is 8.05. The zero-order valence-corrected chi connectivity index (χ0v) is 13.8. The summed E-state index contributed by atoms with van der Waals surface area (Å²) in [6.45, 7) is 6.06. The quantitative estimate of drug-likeness (QED) is 0.632. The first kappa shape index (κ1) is 17.1. The second-order valence-electron chi connectivity index (χ2n) is 5.47. The van der Waals surface area contributed by atoms with E-state index in [0.29, 0.717) is 18.1 Å². The molecule has 23 heavy (non-hydrogen) atoms. The number of benzene rings is 1. The van der Waals surface area contributed by atoms with Crippen molar-refractivity contribution in [3.05, 3.63) is 53.5 Å². The molecule has 0 aliphatic heterocycles. The second kappa shape index (κ2) is 7.86. The Morgan fingerprint density at radius 2 is 1.83 bits per heavy atom. The third-order valence-corrected chi connectivity index (χ3v) is 4.00. The lowest BCUT2D eigenvalue weighted by molar-refractivity contribution is 0.0987. The van der Waals surface area contributed by atoms with E-state index >= 15 is 0 Å². The molecule has 2 rings (SSSR count). The van der Waals surface area contributed by atoms with Crippen molar-refractivity contribution in [3.8, 4) is 11.6 Å². The van der Waals surface area contributed by atoms with E-state index in [0.717, 1.165) is 12.8 Å². The fourth-order valence-electron chi connectivity index (χ4n) is 2.54. The van der Waals surface area contributed by atoms with Crippen molar-refractivity contribution < 1.29 is 13.9 Å². The summed E-state index contributed by atoms with van der Waals surface area (Å²) in [5.41, 5.74) is 1.51. The molecule has 1 heterocycles. The lowest BCUT2D eigenvalue weighted by Crippen LogP contribution is -2.01. The molecule has 0 fully saturated rings. The molecule has 1 aromatic heterocycles. The van der Waals surface area contributed by atoms with E-state index in [1.165, 1.54) is 17.8 Å². The van der Waals surface area contributed by atoms with Crippen LogP contribution in [0.25, 0.3) is 0 Å². The summed E-state index contributed by atoms with van der Waals surface area (Å²) < 4.78 is 19.5. The Hall–Kier alpha value is -2.23. The summed E-state index contributed by atoms with van der Waals surface area (Å²) in [5, 5.41) is 0. The molecule has 122 valence electrons. The first-order valence-corrected chi connectivity index (χ1v) is 8.05. The van der Waals surface area contributed by atoms with Crippen LogP contribution in [-0.4, -0.2) is 10.8 Å². The van der Waals surface area contributed by atoms with Crippen LogP contribution in [0.1, 0.15) is 61.9 Å². The van der Waals surface area contributed by atoms with Crippen LogP contribution in [0.4, 0.5) is 4.39 Å². The normalized spacial score (nSPS) is 10.8. The van der Waals surface area contributed by atoms with Crippen molar-refractivity contribution in [3.63, 3.8) is 0 Å². The van der Waals surface area contributed by atoms with Crippen LogP contribution in [0.3, 0.4) is 0 Å². The number of ketones is 1. The van der Waals surface area contributed by atoms with Gasteiger partial charge in [0.25, 0.3) is 5.88 Å². The molecule has 1 aromatic carbocycles. The lowest BCUT2D eigenvalue weighted by Gasteiger charge is -2.13. The number of carbonyl (C=O) groups excluding carboxylic acids is 1. The van der Waals surface area contributed by atoms with Crippen LogP contribution in [-0.2, 0) is 0 Å². The summed E-state index contributed by atoms with van der Waals surface area (Å²) in [6, 6.07) is 8.81. The van der Waals surface area contributed by atoms with Gasteiger partial charge in [0, 0.05) is 18.2 Å². The molecule has 0 saturated heterocycles. The van der Waals surface area contributed by atoms with Gasteiger partial charge in [-0.15, -0.1) is 0 Å². The Bertz CT molecular complexity index is 664. The largest absolute Gasteiger partial charge is 0.436 e. The van der Waals surface area contributed by atoms with Gasteiger partial charge in [-0.3, -0.25) is 4.79 Å². The minimum absolute atomic E-state index is 0.118. The van der Waals surface area contributed by atoms with Crippen LogP contribution in [0.5, 0.6) is 11.6 Å².